The minimum atomic E-state index is 0. The molecule has 0 saturated carbocycles. The van der Waals surface area contributed by atoms with E-state index in [0.29, 0.717) is 12.5 Å². The molecule has 6 heteroatoms. The van der Waals surface area contributed by atoms with Crippen LogP contribution in [0.5, 0.6) is 0 Å². The lowest BCUT2D eigenvalue weighted by Gasteiger charge is -2.14. The fraction of sp³-hybridized carbons (Fsp3) is 0.294. The van der Waals surface area contributed by atoms with Crippen LogP contribution in [0.4, 0.5) is 11.5 Å². The van der Waals surface area contributed by atoms with Crippen LogP contribution in [0.1, 0.15) is 16.7 Å². The van der Waals surface area contributed by atoms with Crippen LogP contribution in [-0.2, 0) is 6.54 Å². The van der Waals surface area contributed by atoms with Gasteiger partial charge in [-0.25, -0.2) is 9.98 Å². The summed E-state index contributed by atoms with van der Waals surface area (Å²) in [5.74, 6) is 1.31. The Labute approximate surface area is 155 Å². The van der Waals surface area contributed by atoms with Crippen LogP contribution in [0.3, 0.4) is 0 Å². The lowest BCUT2D eigenvalue weighted by atomic mass is 10.1. The van der Waals surface area contributed by atoms with E-state index in [2.05, 4.69) is 41.3 Å². The van der Waals surface area contributed by atoms with Crippen molar-refractivity contribution in [3.63, 3.8) is 0 Å². The number of hydrogen-bond acceptors (Lipinski definition) is 3. The average Bonchev–Trinajstić information content (AvgIpc) is 2.49. The van der Waals surface area contributed by atoms with Gasteiger partial charge in [0.15, 0.2) is 5.96 Å². The van der Waals surface area contributed by atoms with Gasteiger partial charge in [0, 0.05) is 31.5 Å². The quantitative estimate of drug-likeness (QED) is 0.448. The zero-order valence-electron chi connectivity index (χ0n) is 14.0. The van der Waals surface area contributed by atoms with E-state index in [9.17, 15) is 0 Å². The van der Waals surface area contributed by atoms with Crippen molar-refractivity contribution in [3.8, 4) is 0 Å². The number of nitrogens with zero attached hydrogens (tertiary/aromatic N) is 3. The van der Waals surface area contributed by atoms with E-state index in [4.69, 9.17) is 5.73 Å². The van der Waals surface area contributed by atoms with Crippen LogP contribution < -0.4 is 16.0 Å². The Morgan fingerprint density at radius 3 is 2.61 bits per heavy atom. The molecule has 0 aliphatic rings. The zero-order valence-corrected chi connectivity index (χ0v) is 16.3. The Hall–Kier alpha value is -1.83. The van der Waals surface area contributed by atoms with Gasteiger partial charge in [-0.1, -0.05) is 12.1 Å². The fourth-order valence-corrected chi connectivity index (χ4v) is 2.13. The highest BCUT2D eigenvalue weighted by atomic mass is 127. The lowest BCUT2D eigenvalue weighted by molar-refractivity contribution is 0.983. The molecule has 0 unspecified atom stereocenters. The number of aryl methyl sites for hydroxylation is 2. The van der Waals surface area contributed by atoms with Crippen LogP contribution in [0, 0.1) is 13.8 Å². The molecule has 0 atom stereocenters. The molecule has 0 saturated heterocycles. The predicted molar refractivity (Wildman–Crippen MR) is 109 cm³/mol. The summed E-state index contributed by atoms with van der Waals surface area (Å²) in [5, 5.41) is 3.12. The number of nitrogens with two attached hydrogens (primary N) is 1. The number of aliphatic imine (C=N–C) groups is 1. The minimum absolute atomic E-state index is 0. The number of benzene rings is 1. The largest absolute Gasteiger partial charge is 0.370 e. The number of halogens is 1. The summed E-state index contributed by atoms with van der Waals surface area (Å²) < 4.78 is 0. The molecule has 0 aliphatic heterocycles. The molecule has 5 nitrogen and oxygen atoms in total. The third-order valence-electron chi connectivity index (χ3n) is 3.49. The van der Waals surface area contributed by atoms with E-state index < -0.39 is 0 Å². The number of pyridine rings is 1. The van der Waals surface area contributed by atoms with Crippen LogP contribution in [0.15, 0.2) is 41.5 Å². The van der Waals surface area contributed by atoms with Gasteiger partial charge >= 0.3 is 0 Å². The summed E-state index contributed by atoms with van der Waals surface area (Å²) in [6.45, 7) is 4.65. The average molecular weight is 425 g/mol. The van der Waals surface area contributed by atoms with Crippen LogP contribution >= 0.6 is 24.0 Å². The normalized spacial score (nSPS) is 10.9. The molecule has 3 N–H and O–H groups in total. The van der Waals surface area contributed by atoms with Crippen molar-refractivity contribution < 1.29 is 0 Å². The molecule has 1 aromatic heterocycles. The van der Waals surface area contributed by atoms with E-state index in [-0.39, 0.29) is 24.0 Å². The second-order valence-corrected chi connectivity index (χ2v) is 5.51. The van der Waals surface area contributed by atoms with Crippen molar-refractivity contribution in [1.82, 2.24) is 4.98 Å². The van der Waals surface area contributed by atoms with Gasteiger partial charge in [0.05, 0.1) is 6.54 Å². The molecule has 124 valence electrons. The molecule has 0 amide bonds. The monoisotopic (exact) mass is 425 g/mol. The third-order valence-corrected chi connectivity index (χ3v) is 3.49. The van der Waals surface area contributed by atoms with Crippen LogP contribution in [0.25, 0.3) is 0 Å². The first kappa shape index (κ1) is 19.2. The van der Waals surface area contributed by atoms with Crippen molar-refractivity contribution in [2.75, 3.05) is 24.3 Å². The van der Waals surface area contributed by atoms with Gasteiger partial charge in [-0.05, 0) is 43.2 Å². The van der Waals surface area contributed by atoms with E-state index in [0.717, 1.165) is 17.1 Å². The summed E-state index contributed by atoms with van der Waals surface area (Å²) in [6.07, 6.45) is 1.78. The predicted octanol–water partition coefficient (Wildman–Crippen LogP) is 3.31. The number of guanidine groups is 1. The fourth-order valence-electron chi connectivity index (χ4n) is 2.13. The van der Waals surface area contributed by atoms with Gasteiger partial charge < -0.3 is 16.0 Å². The van der Waals surface area contributed by atoms with Gasteiger partial charge in [0.1, 0.15) is 5.82 Å². The van der Waals surface area contributed by atoms with Crippen molar-refractivity contribution in [1.29, 1.82) is 0 Å². The number of nitrogens with one attached hydrogen (secondary N) is 1. The number of anilines is 2. The SMILES string of the molecule is Cc1ccc(NC(N)=NCc2cccnc2N(C)C)cc1C.I. The minimum Gasteiger partial charge on any atom is -0.370 e. The van der Waals surface area contributed by atoms with Crippen LogP contribution in [-0.4, -0.2) is 25.0 Å². The van der Waals surface area contributed by atoms with Gasteiger partial charge in [0.2, 0.25) is 0 Å². The molecular formula is C17H24IN5. The molecule has 2 aromatic rings. The smallest absolute Gasteiger partial charge is 0.193 e. The molecule has 0 fully saturated rings. The van der Waals surface area contributed by atoms with Crippen molar-refractivity contribution in [2.45, 2.75) is 20.4 Å². The molecule has 1 heterocycles. The molecule has 23 heavy (non-hydrogen) atoms. The Bertz CT molecular complexity index is 682. The standard InChI is InChI=1S/C17H23N5.HI/c1-12-7-8-15(10-13(12)2)21-17(18)20-11-14-6-5-9-19-16(14)22(3)4;/h5-10H,11H2,1-4H3,(H3,18,20,21);1H. The maximum Gasteiger partial charge on any atom is 0.193 e. The second kappa shape index (κ2) is 8.71. The molecule has 2 rings (SSSR count). The summed E-state index contributed by atoms with van der Waals surface area (Å²) in [6, 6.07) is 10.0. The van der Waals surface area contributed by atoms with Crippen molar-refractivity contribution in [2.24, 2.45) is 10.7 Å². The second-order valence-electron chi connectivity index (χ2n) is 5.51. The highest BCUT2D eigenvalue weighted by molar-refractivity contribution is 14.0. The molecule has 0 radical (unpaired) electrons. The summed E-state index contributed by atoms with van der Waals surface area (Å²) in [4.78, 5) is 10.7. The van der Waals surface area contributed by atoms with Crippen molar-refractivity contribution >= 4 is 41.4 Å². The number of rotatable bonds is 4. The Morgan fingerprint density at radius 1 is 1.22 bits per heavy atom. The molecule has 0 aliphatic carbocycles. The molecule has 1 aromatic carbocycles. The topological polar surface area (TPSA) is 66.5 Å². The Morgan fingerprint density at radius 2 is 1.96 bits per heavy atom. The van der Waals surface area contributed by atoms with Gasteiger partial charge in [0.25, 0.3) is 0 Å². The van der Waals surface area contributed by atoms with Crippen LogP contribution in [0.2, 0.25) is 0 Å². The number of aromatic nitrogens is 1. The maximum atomic E-state index is 5.97. The lowest BCUT2D eigenvalue weighted by Crippen LogP contribution is -2.23. The molecular weight excluding hydrogens is 401 g/mol. The Balaban J connectivity index is 0.00000264. The number of hydrogen-bond donors (Lipinski definition) is 2. The first-order valence-corrected chi connectivity index (χ1v) is 7.23. The van der Waals surface area contributed by atoms with E-state index in [1.165, 1.54) is 11.1 Å². The molecule has 0 spiro atoms. The summed E-state index contributed by atoms with van der Waals surface area (Å²) in [7, 11) is 3.93. The summed E-state index contributed by atoms with van der Waals surface area (Å²) >= 11 is 0. The van der Waals surface area contributed by atoms with Gasteiger partial charge in [-0.3, -0.25) is 0 Å². The van der Waals surface area contributed by atoms with E-state index >= 15 is 0 Å². The maximum absolute atomic E-state index is 5.97. The van der Waals surface area contributed by atoms with Gasteiger partial charge in [-0.2, -0.15) is 0 Å². The highest BCUT2D eigenvalue weighted by Crippen LogP contribution is 2.16. The first-order chi connectivity index (χ1) is 10.5. The van der Waals surface area contributed by atoms with Gasteiger partial charge in [-0.15, -0.1) is 24.0 Å². The van der Waals surface area contributed by atoms with E-state index in [1.54, 1.807) is 6.20 Å². The highest BCUT2D eigenvalue weighted by Gasteiger charge is 2.05. The molecule has 0 bridgehead atoms. The third kappa shape index (κ3) is 5.38. The van der Waals surface area contributed by atoms with Crippen molar-refractivity contribution in [3.05, 3.63) is 53.2 Å². The van der Waals surface area contributed by atoms with E-state index in [1.807, 2.05) is 37.2 Å². The zero-order chi connectivity index (χ0) is 16.1. The first-order valence-electron chi connectivity index (χ1n) is 7.23. The Kier molecular flexibility index (Phi) is 7.28. The summed E-state index contributed by atoms with van der Waals surface area (Å²) in [5.41, 5.74) is 10.4.